The van der Waals surface area contributed by atoms with Gasteiger partial charge in [0, 0.05) is 33.5 Å². The monoisotopic (exact) mass is 368 g/mol. The highest BCUT2D eigenvalue weighted by molar-refractivity contribution is 8.01. The Bertz CT molecular complexity index is 938. The molecular formula is C20H20N2O3S. The molecule has 0 aliphatic carbocycles. The molecule has 0 spiro atoms. The summed E-state index contributed by atoms with van der Waals surface area (Å²) in [5, 5.41) is 11.6. The molecule has 0 radical (unpaired) electrons. The quantitative estimate of drug-likeness (QED) is 0.841. The number of benzene rings is 2. The maximum atomic E-state index is 13.4. The first kappa shape index (κ1) is 18.2. The molecule has 6 heteroatoms. The Morgan fingerprint density at radius 2 is 1.81 bits per heavy atom. The van der Waals surface area contributed by atoms with E-state index in [0.29, 0.717) is 47.8 Å². The van der Waals surface area contributed by atoms with Gasteiger partial charge >= 0.3 is 0 Å². The van der Waals surface area contributed by atoms with Crippen molar-refractivity contribution >= 4 is 27.0 Å². The van der Waals surface area contributed by atoms with Crippen LogP contribution in [0.3, 0.4) is 0 Å². The van der Waals surface area contributed by atoms with Crippen molar-refractivity contribution < 1.29 is 13.7 Å². The molecule has 1 aliphatic heterocycles. The Hall–Kier alpha value is -2.62. The van der Waals surface area contributed by atoms with Crippen molar-refractivity contribution in [3.8, 4) is 6.07 Å². The lowest BCUT2D eigenvalue weighted by Crippen LogP contribution is -2.29. The highest BCUT2D eigenvalue weighted by Crippen LogP contribution is 2.29. The predicted octanol–water partition coefficient (Wildman–Crippen LogP) is 3.06. The molecule has 1 amide bonds. The van der Waals surface area contributed by atoms with Gasteiger partial charge in [0.05, 0.1) is 22.2 Å². The van der Waals surface area contributed by atoms with Gasteiger partial charge in [0.2, 0.25) is 0 Å². The zero-order chi connectivity index (χ0) is 18.6. The fraction of sp³-hybridized carbons (Fsp3) is 0.250. The number of hydrogen-bond donors (Lipinski definition) is 1. The minimum absolute atomic E-state index is 0.0655. The summed E-state index contributed by atoms with van der Waals surface area (Å²) in [7, 11) is -2.57. The molecule has 1 unspecified atom stereocenters. The summed E-state index contributed by atoms with van der Waals surface area (Å²) < 4.78 is 18.8. The van der Waals surface area contributed by atoms with E-state index in [-0.39, 0.29) is 11.2 Å². The van der Waals surface area contributed by atoms with Gasteiger partial charge in [-0.2, -0.15) is 5.26 Å². The van der Waals surface area contributed by atoms with Crippen molar-refractivity contribution in [2.24, 2.45) is 0 Å². The van der Waals surface area contributed by atoms with Gasteiger partial charge in [0.25, 0.3) is 5.91 Å². The average molecular weight is 368 g/mol. The van der Waals surface area contributed by atoms with Gasteiger partial charge in [0.1, 0.15) is 0 Å². The fourth-order valence-electron chi connectivity index (χ4n) is 3.00. The van der Waals surface area contributed by atoms with Gasteiger partial charge in [-0.15, -0.1) is 0 Å². The average Bonchev–Trinajstić information content (AvgIpc) is 2.69. The Morgan fingerprint density at radius 3 is 2.46 bits per heavy atom. The third-order valence-corrected chi connectivity index (χ3v) is 7.14. The normalized spacial score (nSPS) is 17.0. The molecule has 26 heavy (non-hydrogen) atoms. The van der Waals surface area contributed by atoms with Gasteiger partial charge in [-0.3, -0.25) is 9.00 Å². The van der Waals surface area contributed by atoms with Crippen LogP contribution in [0.15, 0.2) is 53.4 Å². The van der Waals surface area contributed by atoms with E-state index in [4.69, 9.17) is 10.00 Å². The lowest BCUT2D eigenvalue weighted by molar-refractivity contribution is 0.0990. The van der Waals surface area contributed by atoms with Crippen molar-refractivity contribution in [2.45, 2.75) is 23.0 Å². The number of hydrogen-bond acceptors (Lipinski definition) is 4. The topological polar surface area (TPSA) is 79.2 Å². The molecule has 0 bridgehead atoms. The second-order valence-corrected chi connectivity index (χ2v) is 8.74. The largest absolute Gasteiger partial charge is 0.381 e. The number of carbonyl (C=O) groups excluding carboxylic acids is 1. The van der Waals surface area contributed by atoms with E-state index in [1.54, 1.807) is 48.5 Å². The van der Waals surface area contributed by atoms with Gasteiger partial charge in [-0.25, -0.2) is 0 Å². The van der Waals surface area contributed by atoms with E-state index in [9.17, 15) is 9.00 Å². The minimum atomic E-state index is -2.57. The van der Waals surface area contributed by atoms with Crippen LogP contribution in [-0.2, 0) is 14.3 Å². The number of nitrogens with one attached hydrogen (secondary N) is 1. The molecule has 2 aromatic carbocycles. The summed E-state index contributed by atoms with van der Waals surface area (Å²) in [6, 6.07) is 15.5. The Kier molecular flexibility index (Phi) is 5.40. The van der Waals surface area contributed by atoms with Crippen LogP contribution in [0.5, 0.6) is 0 Å². The Balaban J connectivity index is 1.87. The van der Waals surface area contributed by atoms with Crippen molar-refractivity contribution in [2.75, 3.05) is 18.5 Å². The number of ether oxygens (including phenoxy) is 1. The molecule has 3 rings (SSSR count). The smallest absolute Gasteiger partial charge is 0.255 e. The second-order valence-electron chi connectivity index (χ2n) is 6.18. The lowest BCUT2D eigenvalue weighted by atomic mass is 10.1. The molecule has 1 atom stereocenters. The number of nitrogens with zero attached hydrogens (tertiary/aromatic N) is 1. The van der Waals surface area contributed by atoms with Crippen LogP contribution in [0.2, 0.25) is 0 Å². The maximum Gasteiger partial charge on any atom is 0.255 e. The van der Waals surface area contributed by atoms with E-state index >= 15 is 0 Å². The Morgan fingerprint density at radius 1 is 1.15 bits per heavy atom. The first-order valence-electron chi connectivity index (χ1n) is 8.37. The molecular weight excluding hydrogens is 348 g/mol. The summed E-state index contributed by atoms with van der Waals surface area (Å²) in [4.78, 5) is 13.1. The van der Waals surface area contributed by atoms with Gasteiger partial charge in [-0.1, -0.05) is 12.1 Å². The van der Waals surface area contributed by atoms with Crippen LogP contribution >= 0.6 is 0 Å². The van der Waals surface area contributed by atoms with Crippen LogP contribution in [0.25, 0.3) is 0 Å². The molecule has 5 nitrogen and oxygen atoms in total. The molecule has 1 heterocycles. The summed E-state index contributed by atoms with van der Waals surface area (Å²) in [6.45, 7) is 1.16. The van der Waals surface area contributed by atoms with E-state index in [1.807, 2.05) is 6.07 Å². The third-order valence-electron chi connectivity index (χ3n) is 4.49. The molecule has 1 N–H and O–H groups in total. The molecule has 1 aliphatic rings. The first-order valence-corrected chi connectivity index (χ1v) is 10.2. The minimum Gasteiger partial charge on any atom is -0.381 e. The van der Waals surface area contributed by atoms with E-state index < -0.39 is 9.52 Å². The van der Waals surface area contributed by atoms with E-state index in [1.165, 1.54) is 0 Å². The zero-order valence-electron chi connectivity index (χ0n) is 14.3. The number of anilines is 1. The number of rotatable bonds is 4. The summed E-state index contributed by atoms with van der Waals surface area (Å²) in [5.74, 6) is 3.70. The molecule has 1 saturated heterocycles. The van der Waals surface area contributed by atoms with Crippen molar-refractivity contribution in [1.82, 2.24) is 0 Å². The number of amides is 1. The van der Waals surface area contributed by atoms with Gasteiger partial charge in [-0.05, 0) is 55.1 Å². The van der Waals surface area contributed by atoms with Gasteiger partial charge < -0.3 is 10.1 Å². The lowest BCUT2D eigenvalue weighted by Gasteiger charge is -2.27. The molecule has 0 aromatic heterocycles. The second kappa shape index (κ2) is 7.73. The van der Waals surface area contributed by atoms with Crippen LogP contribution in [0, 0.1) is 11.3 Å². The Labute approximate surface area is 153 Å². The summed E-state index contributed by atoms with van der Waals surface area (Å²) in [5.41, 5.74) is 1.43. The standard InChI is InChI=1S/C20H20N2O3S/c1-26(24,17-10-12-25-13-11-17)19-5-3-2-4-18(19)22-20(23)16-8-6-15(14-21)7-9-16/h2-9,17H,1,10-13H2,(H,22,23). The molecule has 0 saturated carbocycles. The maximum absolute atomic E-state index is 13.4. The SMILES string of the molecule is C=S(=O)(c1ccccc1NC(=O)c1ccc(C#N)cc1)C1CCOCC1. The van der Waals surface area contributed by atoms with Gasteiger partial charge in [0.15, 0.2) is 0 Å². The number of nitriles is 1. The third kappa shape index (κ3) is 3.79. The number of para-hydroxylation sites is 1. The summed E-state index contributed by atoms with van der Waals surface area (Å²) >= 11 is 0. The van der Waals surface area contributed by atoms with Crippen LogP contribution in [0.1, 0.15) is 28.8 Å². The predicted molar refractivity (Wildman–Crippen MR) is 103 cm³/mol. The van der Waals surface area contributed by atoms with Crippen molar-refractivity contribution in [1.29, 1.82) is 5.26 Å². The fourth-order valence-corrected chi connectivity index (χ4v) is 5.11. The molecule has 134 valence electrons. The molecule has 2 aromatic rings. The van der Waals surface area contributed by atoms with Crippen molar-refractivity contribution in [3.05, 3.63) is 59.7 Å². The highest BCUT2D eigenvalue weighted by Gasteiger charge is 2.26. The van der Waals surface area contributed by atoms with E-state index in [2.05, 4.69) is 11.2 Å². The molecule has 1 fully saturated rings. The van der Waals surface area contributed by atoms with Crippen LogP contribution < -0.4 is 5.32 Å². The van der Waals surface area contributed by atoms with Crippen LogP contribution in [-0.4, -0.2) is 34.5 Å². The summed E-state index contributed by atoms with van der Waals surface area (Å²) in [6.07, 6.45) is 1.39. The van der Waals surface area contributed by atoms with E-state index in [0.717, 1.165) is 0 Å². The van der Waals surface area contributed by atoms with Crippen molar-refractivity contribution in [3.63, 3.8) is 0 Å². The first-order chi connectivity index (χ1) is 12.5. The number of carbonyl (C=O) groups is 1. The zero-order valence-corrected chi connectivity index (χ0v) is 15.1. The van der Waals surface area contributed by atoms with Crippen LogP contribution in [0.4, 0.5) is 5.69 Å². The highest BCUT2D eigenvalue weighted by atomic mass is 32.2.